The second-order valence-corrected chi connectivity index (χ2v) is 11.2. The molecule has 1 aromatic rings. The van der Waals surface area contributed by atoms with Crippen molar-refractivity contribution in [3.05, 3.63) is 35.4 Å². The first kappa shape index (κ1) is 16.9. The molecule has 0 radical (unpaired) electrons. The minimum Gasteiger partial charge on any atom is -0.389 e. The minimum atomic E-state index is -1.92. The van der Waals surface area contributed by atoms with Crippen LogP contribution in [-0.4, -0.2) is 21.3 Å². The number of ether oxygens (including phenoxy) is 1. The van der Waals surface area contributed by atoms with Gasteiger partial charge in [0, 0.05) is 18.2 Å². The topological polar surface area (TPSA) is 61.6 Å². The fourth-order valence-electron chi connectivity index (χ4n) is 1.50. The maximum Gasteiger partial charge on any atom is 0.248 e. The lowest BCUT2D eigenvalue weighted by Gasteiger charge is -2.38. The second kappa shape index (κ2) is 6.07. The molecule has 20 heavy (non-hydrogen) atoms. The van der Waals surface area contributed by atoms with E-state index in [-0.39, 0.29) is 5.04 Å². The molecule has 0 spiro atoms. The molecule has 5 heteroatoms. The van der Waals surface area contributed by atoms with E-state index in [1.54, 1.807) is 19.2 Å². The number of benzene rings is 1. The molecule has 0 aliphatic rings. The molecule has 0 aromatic heterocycles. The van der Waals surface area contributed by atoms with Crippen LogP contribution in [0, 0.1) is 0 Å². The fourth-order valence-corrected chi connectivity index (χ4v) is 2.62. The molecular weight excluding hydrogens is 270 g/mol. The van der Waals surface area contributed by atoms with Gasteiger partial charge in [-0.1, -0.05) is 32.9 Å². The molecule has 1 aromatic carbocycles. The van der Waals surface area contributed by atoms with Gasteiger partial charge in [0.15, 0.2) is 14.6 Å². The molecule has 1 rings (SSSR count). The summed E-state index contributed by atoms with van der Waals surface area (Å²) in [6.45, 7) is 10.9. The van der Waals surface area contributed by atoms with Crippen molar-refractivity contribution in [1.82, 2.24) is 0 Å². The van der Waals surface area contributed by atoms with Gasteiger partial charge >= 0.3 is 0 Å². The molecule has 0 heterocycles. The Morgan fingerprint density at radius 3 is 2.05 bits per heavy atom. The number of primary amides is 1. The molecule has 0 bridgehead atoms. The van der Waals surface area contributed by atoms with E-state index in [4.69, 9.17) is 14.9 Å². The quantitative estimate of drug-likeness (QED) is 0.668. The minimum absolute atomic E-state index is 0.108. The Balaban J connectivity index is 2.94. The number of nitrogens with two attached hydrogens (primary N) is 1. The van der Waals surface area contributed by atoms with Crippen LogP contribution in [0.5, 0.6) is 0 Å². The van der Waals surface area contributed by atoms with Crippen molar-refractivity contribution < 1.29 is 14.0 Å². The predicted molar refractivity (Wildman–Crippen MR) is 83.0 cm³/mol. The summed E-state index contributed by atoms with van der Waals surface area (Å²) in [4.78, 5) is 11.1. The second-order valence-electron chi connectivity index (χ2n) is 6.43. The van der Waals surface area contributed by atoms with Gasteiger partial charge in [-0.2, -0.15) is 0 Å². The highest BCUT2D eigenvalue weighted by atomic mass is 28.4. The van der Waals surface area contributed by atoms with E-state index in [0.717, 1.165) is 5.56 Å². The number of hydrogen-bond donors (Lipinski definition) is 1. The summed E-state index contributed by atoms with van der Waals surface area (Å²) < 4.78 is 11.7. The van der Waals surface area contributed by atoms with Crippen LogP contribution in [-0.2, 0) is 9.16 Å². The predicted octanol–water partition coefficient (Wildman–Crippen LogP) is 3.45. The molecule has 4 nitrogen and oxygen atoms in total. The van der Waals surface area contributed by atoms with Crippen molar-refractivity contribution in [2.45, 2.75) is 45.2 Å². The smallest absolute Gasteiger partial charge is 0.248 e. The van der Waals surface area contributed by atoms with Crippen molar-refractivity contribution in [3.8, 4) is 0 Å². The highest BCUT2D eigenvalue weighted by molar-refractivity contribution is 6.74. The van der Waals surface area contributed by atoms with Crippen LogP contribution in [0.3, 0.4) is 0 Å². The van der Waals surface area contributed by atoms with Gasteiger partial charge in [0.2, 0.25) is 5.91 Å². The van der Waals surface area contributed by atoms with Crippen molar-refractivity contribution >= 4 is 14.2 Å². The number of methoxy groups -OCH3 is 1. The highest BCUT2D eigenvalue weighted by Gasteiger charge is 2.39. The molecule has 0 aliphatic heterocycles. The third-order valence-electron chi connectivity index (χ3n) is 3.89. The van der Waals surface area contributed by atoms with Gasteiger partial charge in [-0.3, -0.25) is 4.79 Å². The van der Waals surface area contributed by atoms with Gasteiger partial charge in [-0.25, -0.2) is 0 Å². The standard InChI is InChI=1S/C15H25NO3Si/c1-15(2,3)20(5,6)19-14(18-4)12-9-7-11(8-10-12)13(16)17/h7-10,14H,1-6H3,(H2,16,17). The molecule has 1 amide bonds. The van der Waals surface area contributed by atoms with Crippen molar-refractivity contribution in [1.29, 1.82) is 0 Å². The van der Waals surface area contributed by atoms with Crippen LogP contribution >= 0.6 is 0 Å². The fraction of sp³-hybridized carbons (Fsp3) is 0.533. The van der Waals surface area contributed by atoms with E-state index in [1.807, 2.05) is 12.1 Å². The summed E-state index contributed by atoms with van der Waals surface area (Å²) in [7, 11) is -0.299. The average Bonchev–Trinajstić information content (AvgIpc) is 2.34. The van der Waals surface area contributed by atoms with Crippen LogP contribution in [0.15, 0.2) is 24.3 Å². The third kappa shape index (κ3) is 3.91. The van der Waals surface area contributed by atoms with Crippen LogP contribution < -0.4 is 5.73 Å². The zero-order valence-electron chi connectivity index (χ0n) is 13.2. The summed E-state index contributed by atoms with van der Waals surface area (Å²) in [5, 5.41) is 0.108. The number of carbonyl (C=O) groups is 1. The van der Waals surface area contributed by atoms with E-state index < -0.39 is 20.5 Å². The van der Waals surface area contributed by atoms with E-state index >= 15 is 0 Å². The first-order valence-electron chi connectivity index (χ1n) is 6.69. The van der Waals surface area contributed by atoms with Crippen LogP contribution in [0.1, 0.15) is 43.0 Å². The Kier molecular flexibility index (Phi) is 5.13. The number of amides is 1. The lowest BCUT2D eigenvalue weighted by molar-refractivity contribution is -0.0658. The van der Waals surface area contributed by atoms with Gasteiger partial charge in [-0.05, 0) is 30.3 Å². The normalized spacial score (nSPS) is 14.1. The first-order valence-corrected chi connectivity index (χ1v) is 9.59. The molecule has 2 N–H and O–H groups in total. The molecule has 112 valence electrons. The number of hydrogen-bond acceptors (Lipinski definition) is 3. The Bertz CT molecular complexity index is 463. The summed E-state index contributed by atoms with van der Waals surface area (Å²) in [6.07, 6.45) is -0.419. The SMILES string of the molecule is COC(O[Si](C)(C)C(C)(C)C)c1ccc(C(N)=O)cc1. The van der Waals surface area contributed by atoms with Gasteiger partial charge in [-0.15, -0.1) is 0 Å². The Labute approximate surface area is 122 Å². The lowest BCUT2D eigenvalue weighted by atomic mass is 10.1. The van der Waals surface area contributed by atoms with Crippen LogP contribution in [0.25, 0.3) is 0 Å². The highest BCUT2D eigenvalue weighted by Crippen LogP contribution is 2.39. The first-order chi connectivity index (χ1) is 9.08. The summed E-state index contributed by atoms with van der Waals surface area (Å²) in [6, 6.07) is 7.03. The molecule has 0 saturated carbocycles. The van der Waals surface area contributed by atoms with Crippen molar-refractivity contribution in [2.75, 3.05) is 7.11 Å². The number of carbonyl (C=O) groups excluding carboxylic acids is 1. The summed E-state index contributed by atoms with van der Waals surface area (Å²) in [5.41, 5.74) is 6.61. The molecule has 0 aliphatic carbocycles. The molecule has 1 unspecified atom stereocenters. The maximum absolute atomic E-state index is 11.1. The zero-order valence-corrected chi connectivity index (χ0v) is 14.2. The maximum atomic E-state index is 11.1. The third-order valence-corrected chi connectivity index (χ3v) is 8.30. The van der Waals surface area contributed by atoms with Gasteiger partial charge < -0.3 is 14.9 Å². The monoisotopic (exact) mass is 295 g/mol. The zero-order chi connectivity index (χ0) is 15.6. The van der Waals surface area contributed by atoms with E-state index in [1.165, 1.54) is 0 Å². The van der Waals surface area contributed by atoms with Crippen molar-refractivity contribution in [2.24, 2.45) is 5.73 Å². The van der Waals surface area contributed by atoms with Gasteiger partial charge in [0.1, 0.15) is 0 Å². The van der Waals surface area contributed by atoms with Crippen LogP contribution in [0.2, 0.25) is 18.1 Å². The van der Waals surface area contributed by atoms with Crippen LogP contribution in [0.4, 0.5) is 0 Å². The van der Waals surface area contributed by atoms with Crippen molar-refractivity contribution in [3.63, 3.8) is 0 Å². The molecular formula is C15H25NO3Si. The molecule has 1 atom stereocenters. The summed E-state index contributed by atoms with van der Waals surface area (Å²) in [5.74, 6) is -0.434. The Morgan fingerprint density at radius 1 is 1.20 bits per heavy atom. The van der Waals surface area contributed by atoms with E-state index in [0.29, 0.717) is 5.56 Å². The largest absolute Gasteiger partial charge is 0.389 e. The summed E-state index contributed by atoms with van der Waals surface area (Å²) >= 11 is 0. The molecule has 0 fully saturated rings. The molecule has 0 saturated heterocycles. The number of rotatable bonds is 5. The van der Waals surface area contributed by atoms with E-state index in [2.05, 4.69) is 33.9 Å². The lowest BCUT2D eigenvalue weighted by Crippen LogP contribution is -2.42. The Hall–Kier alpha value is -1.17. The van der Waals surface area contributed by atoms with E-state index in [9.17, 15) is 4.79 Å². The Morgan fingerprint density at radius 2 is 1.70 bits per heavy atom. The average molecular weight is 295 g/mol. The van der Waals surface area contributed by atoms with Gasteiger partial charge in [0.25, 0.3) is 0 Å². The van der Waals surface area contributed by atoms with Gasteiger partial charge in [0.05, 0.1) is 0 Å².